The lowest BCUT2D eigenvalue weighted by molar-refractivity contribution is 0.0536. The normalized spacial score (nSPS) is 17.8. The van der Waals surface area contributed by atoms with Crippen LogP contribution < -0.4 is 5.32 Å². The number of para-hydroxylation sites is 2. The number of likely N-dealkylation sites (tertiary alicyclic amines) is 1. The number of hydrogen-bond acceptors (Lipinski definition) is 4. The largest absolute Gasteiger partial charge is 0.382 e. The average molecular weight is 374 g/mol. The number of nitrogens with one attached hydrogen (secondary N) is 2. The van der Waals surface area contributed by atoms with Gasteiger partial charge in [-0.2, -0.15) is 0 Å². The first-order valence-corrected chi connectivity index (χ1v) is 9.76. The lowest BCUT2D eigenvalue weighted by Crippen LogP contribution is -2.40. The molecule has 0 saturated carbocycles. The lowest BCUT2D eigenvalue weighted by atomic mass is 10.1. The van der Waals surface area contributed by atoms with Gasteiger partial charge in [-0.3, -0.25) is 4.99 Å². The summed E-state index contributed by atoms with van der Waals surface area (Å²) in [6.07, 6.45) is 3.08. The summed E-state index contributed by atoms with van der Waals surface area (Å²) in [5.41, 5.74) is 2.14. The highest BCUT2D eigenvalue weighted by Gasteiger charge is 2.24. The van der Waals surface area contributed by atoms with Crippen molar-refractivity contribution >= 4 is 17.0 Å². The fourth-order valence-corrected chi connectivity index (χ4v) is 3.47. The first kappa shape index (κ1) is 19.6. The molecular weight excluding hydrogens is 342 g/mol. The van der Waals surface area contributed by atoms with Crippen LogP contribution in [0.1, 0.15) is 18.7 Å². The predicted molar refractivity (Wildman–Crippen MR) is 108 cm³/mol. The summed E-state index contributed by atoms with van der Waals surface area (Å²) < 4.78 is 10.7. The molecule has 3 rings (SSSR count). The highest BCUT2D eigenvalue weighted by atomic mass is 16.5. The molecule has 1 aliphatic heterocycles. The van der Waals surface area contributed by atoms with Gasteiger partial charge < -0.3 is 24.7 Å². The molecule has 1 atom stereocenters. The minimum atomic E-state index is 0.566. The maximum absolute atomic E-state index is 5.67. The number of nitrogens with zero attached hydrogens (tertiary/aromatic N) is 3. The van der Waals surface area contributed by atoms with Crippen LogP contribution in [0.3, 0.4) is 0 Å². The molecule has 1 aromatic heterocycles. The summed E-state index contributed by atoms with van der Waals surface area (Å²) in [6, 6.07) is 8.15. The quantitative estimate of drug-likeness (QED) is 0.400. The minimum Gasteiger partial charge on any atom is -0.382 e. The number of hydrogen-bond donors (Lipinski definition) is 2. The standard InChI is InChI=1S/C20H31N5O2/c1-21-20(25-11-9-16(14-25)15-27-13-12-26-2)22-10-5-8-19-23-17-6-3-4-7-18(17)24-19/h3-4,6-7,16H,5,8-15H2,1-2H3,(H,21,22)(H,23,24). The summed E-state index contributed by atoms with van der Waals surface area (Å²) in [7, 11) is 3.55. The van der Waals surface area contributed by atoms with Gasteiger partial charge in [0.1, 0.15) is 5.82 Å². The van der Waals surface area contributed by atoms with Crippen LogP contribution in [0.5, 0.6) is 0 Å². The van der Waals surface area contributed by atoms with Crippen LogP contribution in [-0.4, -0.2) is 74.4 Å². The van der Waals surface area contributed by atoms with Crippen LogP contribution in [0, 0.1) is 5.92 Å². The summed E-state index contributed by atoms with van der Waals surface area (Å²) in [4.78, 5) is 14.8. The number of methoxy groups -OCH3 is 1. The van der Waals surface area contributed by atoms with E-state index in [9.17, 15) is 0 Å². The van der Waals surface area contributed by atoms with Crippen molar-refractivity contribution in [2.24, 2.45) is 10.9 Å². The number of guanidine groups is 1. The Bertz CT molecular complexity index is 697. The van der Waals surface area contributed by atoms with Crippen LogP contribution in [0.15, 0.2) is 29.3 Å². The van der Waals surface area contributed by atoms with E-state index in [1.807, 2.05) is 25.2 Å². The molecule has 0 amide bonds. The monoisotopic (exact) mass is 373 g/mol. The zero-order valence-electron chi connectivity index (χ0n) is 16.4. The van der Waals surface area contributed by atoms with Crippen molar-refractivity contribution in [3.8, 4) is 0 Å². The number of aromatic amines is 1. The molecule has 2 aromatic rings. The van der Waals surface area contributed by atoms with E-state index in [1.54, 1.807) is 7.11 Å². The van der Waals surface area contributed by atoms with Crippen molar-refractivity contribution < 1.29 is 9.47 Å². The molecule has 2 heterocycles. The Balaban J connectivity index is 1.36. The van der Waals surface area contributed by atoms with Crippen LogP contribution in [0.25, 0.3) is 11.0 Å². The Hall–Kier alpha value is -2.12. The number of aliphatic imine (C=N–C) groups is 1. The van der Waals surface area contributed by atoms with Crippen molar-refractivity contribution in [2.75, 3.05) is 53.6 Å². The van der Waals surface area contributed by atoms with Gasteiger partial charge in [0.05, 0.1) is 30.9 Å². The molecule has 1 aliphatic rings. The molecule has 27 heavy (non-hydrogen) atoms. The Morgan fingerprint density at radius 2 is 2.26 bits per heavy atom. The number of ether oxygens (including phenoxy) is 2. The topological polar surface area (TPSA) is 74.8 Å². The molecule has 2 N–H and O–H groups in total. The molecule has 0 bridgehead atoms. The summed E-state index contributed by atoms with van der Waals surface area (Å²) in [5.74, 6) is 2.59. The molecule has 0 spiro atoms. The van der Waals surface area contributed by atoms with Crippen LogP contribution in [0.2, 0.25) is 0 Å². The fraction of sp³-hybridized carbons (Fsp3) is 0.600. The Morgan fingerprint density at radius 1 is 1.37 bits per heavy atom. The average Bonchev–Trinajstić information content (AvgIpc) is 3.32. The first-order valence-electron chi connectivity index (χ1n) is 9.76. The summed E-state index contributed by atoms with van der Waals surface area (Å²) in [5, 5.41) is 3.49. The van der Waals surface area contributed by atoms with Gasteiger partial charge in [0, 0.05) is 46.1 Å². The third kappa shape index (κ3) is 5.68. The maximum Gasteiger partial charge on any atom is 0.193 e. The fourth-order valence-electron chi connectivity index (χ4n) is 3.47. The Kier molecular flexibility index (Phi) is 7.47. The van der Waals surface area contributed by atoms with Gasteiger partial charge in [0.15, 0.2) is 5.96 Å². The number of fused-ring (bicyclic) bond motifs is 1. The van der Waals surface area contributed by atoms with Gasteiger partial charge in [-0.05, 0) is 25.0 Å². The van der Waals surface area contributed by atoms with E-state index >= 15 is 0 Å². The second kappa shape index (κ2) is 10.3. The van der Waals surface area contributed by atoms with Gasteiger partial charge in [0.25, 0.3) is 0 Å². The van der Waals surface area contributed by atoms with E-state index in [2.05, 4.69) is 31.2 Å². The van der Waals surface area contributed by atoms with Crippen LogP contribution in [-0.2, 0) is 15.9 Å². The summed E-state index contributed by atoms with van der Waals surface area (Å²) in [6.45, 7) is 5.03. The maximum atomic E-state index is 5.67. The zero-order valence-corrected chi connectivity index (χ0v) is 16.4. The molecule has 1 aromatic carbocycles. The van der Waals surface area contributed by atoms with Crippen molar-refractivity contribution in [1.82, 2.24) is 20.2 Å². The second-order valence-electron chi connectivity index (χ2n) is 6.95. The van der Waals surface area contributed by atoms with Crippen molar-refractivity contribution in [2.45, 2.75) is 19.3 Å². The van der Waals surface area contributed by atoms with E-state index < -0.39 is 0 Å². The SMILES string of the molecule is CN=C(NCCCc1nc2ccccc2[nH]1)N1CCC(COCCOC)C1. The molecule has 1 unspecified atom stereocenters. The van der Waals surface area contributed by atoms with Gasteiger partial charge in [0.2, 0.25) is 0 Å². The predicted octanol–water partition coefficient (Wildman–Crippen LogP) is 2.06. The summed E-state index contributed by atoms with van der Waals surface area (Å²) >= 11 is 0. The third-order valence-electron chi connectivity index (χ3n) is 4.89. The number of aryl methyl sites for hydroxylation is 1. The Morgan fingerprint density at radius 3 is 3.07 bits per heavy atom. The smallest absolute Gasteiger partial charge is 0.193 e. The number of benzene rings is 1. The first-order chi connectivity index (χ1) is 13.3. The van der Waals surface area contributed by atoms with Crippen LogP contribution in [0.4, 0.5) is 0 Å². The number of rotatable bonds is 9. The van der Waals surface area contributed by atoms with E-state index in [0.29, 0.717) is 19.1 Å². The van der Waals surface area contributed by atoms with E-state index in [0.717, 1.165) is 68.3 Å². The van der Waals surface area contributed by atoms with Gasteiger partial charge in [-0.1, -0.05) is 12.1 Å². The van der Waals surface area contributed by atoms with E-state index in [4.69, 9.17) is 9.47 Å². The zero-order chi connectivity index (χ0) is 18.9. The molecule has 7 nitrogen and oxygen atoms in total. The molecule has 0 radical (unpaired) electrons. The molecule has 0 aliphatic carbocycles. The molecule has 1 saturated heterocycles. The molecule has 7 heteroatoms. The lowest BCUT2D eigenvalue weighted by Gasteiger charge is -2.21. The van der Waals surface area contributed by atoms with Crippen molar-refractivity contribution in [3.63, 3.8) is 0 Å². The van der Waals surface area contributed by atoms with E-state index in [1.165, 1.54) is 0 Å². The van der Waals surface area contributed by atoms with Gasteiger partial charge in [-0.15, -0.1) is 0 Å². The second-order valence-corrected chi connectivity index (χ2v) is 6.95. The van der Waals surface area contributed by atoms with Crippen molar-refractivity contribution in [3.05, 3.63) is 30.1 Å². The van der Waals surface area contributed by atoms with Crippen LogP contribution >= 0.6 is 0 Å². The van der Waals surface area contributed by atoms with E-state index in [-0.39, 0.29) is 0 Å². The minimum absolute atomic E-state index is 0.566. The Labute approximate surface area is 161 Å². The third-order valence-corrected chi connectivity index (χ3v) is 4.89. The van der Waals surface area contributed by atoms with Gasteiger partial charge >= 0.3 is 0 Å². The number of imidazole rings is 1. The number of aromatic nitrogens is 2. The number of H-pyrrole nitrogens is 1. The van der Waals surface area contributed by atoms with Crippen molar-refractivity contribution in [1.29, 1.82) is 0 Å². The molecule has 148 valence electrons. The highest BCUT2D eigenvalue weighted by molar-refractivity contribution is 5.80. The molecule has 1 fully saturated rings. The highest BCUT2D eigenvalue weighted by Crippen LogP contribution is 2.16. The molecular formula is C20H31N5O2. The van der Waals surface area contributed by atoms with Gasteiger partial charge in [-0.25, -0.2) is 4.98 Å².